The van der Waals surface area contributed by atoms with Gasteiger partial charge in [-0.2, -0.15) is 0 Å². The van der Waals surface area contributed by atoms with Crippen molar-refractivity contribution in [2.45, 2.75) is 69.0 Å². The molecule has 2 unspecified atom stereocenters. The number of hydrogen-bond acceptors (Lipinski definition) is 3. The molecule has 3 nitrogen and oxygen atoms in total. The number of methoxy groups -OCH3 is 1. The van der Waals surface area contributed by atoms with Crippen molar-refractivity contribution < 1.29 is 14.6 Å². The van der Waals surface area contributed by atoms with Crippen LogP contribution in [0.25, 0.3) is 11.1 Å². The Kier molecular flexibility index (Phi) is 5.83. The van der Waals surface area contributed by atoms with Crippen molar-refractivity contribution >= 4 is 0 Å². The number of benzene rings is 2. The predicted octanol–water partition coefficient (Wildman–Crippen LogP) is 5.71. The van der Waals surface area contributed by atoms with Gasteiger partial charge in [-0.1, -0.05) is 30.2 Å². The molecule has 1 aromatic carbocycles. The first kappa shape index (κ1) is 19.9. The molecule has 0 amide bonds. The van der Waals surface area contributed by atoms with Gasteiger partial charge in [0.25, 0.3) is 0 Å². The average Bonchev–Trinajstić information content (AvgIpc) is 3.10. The van der Waals surface area contributed by atoms with Crippen LogP contribution in [0.3, 0.4) is 0 Å². The lowest BCUT2D eigenvalue weighted by Gasteiger charge is -2.33. The Labute approximate surface area is 174 Å². The van der Waals surface area contributed by atoms with Crippen LogP contribution in [-0.4, -0.2) is 23.9 Å². The molecule has 0 aliphatic heterocycles. The molecule has 0 radical (unpaired) electrons. The summed E-state index contributed by atoms with van der Waals surface area (Å²) in [5.74, 6) is 4.46. The Morgan fingerprint density at radius 1 is 1.00 bits per heavy atom. The SMILES string of the molecule is C#CC1(O)CCCC(c2ccc(OC)c(OC3CCCC3)c2)C1.c1cc2cc-2c1. The van der Waals surface area contributed by atoms with Gasteiger partial charge in [-0.25, -0.2) is 0 Å². The van der Waals surface area contributed by atoms with Crippen molar-refractivity contribution in [3.63, 3.8) is 0 Å². The molecule has 0 spiro atoms. The van der Waals surface area contributed by atoms with Crippen LogP contribution in [0, 0.1) is 12.3 Å². The van der Waals surface area contributed by atoms with E-state index in [-0.39, 0.29) is 5.92 Å². The van der Waals surface area contributed by atoms with Gasteiger partial charge in [0.15, 0.2) is 11.5 Å². The fraction of sp³-hybridized carbons (Fsp3) is 0.462. The van der Waals surface area contributed by atoms with Gasteiger partial charge in [-0.05, 0) is 92.2 Å². The zero-order valence-electron chi connectivity index (χ0n) is 17.2. The highest BCUT2D eigenvalue weighted by Gasteiger charge is 2.33. The maximum absolute atomic E-state index is 10.4. The lowest BCUT2D eigenvalue weighted by Crippen LogP contribution is -2.32. The van der Waals surface area contributed by atoms with Crippen molar-refractivity contribution in [3.8, 4) is 35.0 Å². The van der Waals surface area contributed by atoms with Crippen LogP contribution in [0.15, 0.2) is 42.5 Å². The molecule has 0 heterocycles. The Bertz CT molecular complexity index is 874. The normalized spacial score (nSPS) is 24.8. The molecule has 152 valence electrons. The smallest absolute Gasteiger partial charge is 0.161 e. The maximum atomic E-state index is 10.4. The fourth-order valence-corrected chi connectivity index (χ4v) is 4.57. The number of hydrogen-bond donors (Lipinski definition) is 1. The van der Waals surface area contributed by atoms with E-state index in [9.17, 15) is 5.11 Å². The molecule has 0 bridgehead atoms. The zero-order valence-corrected chi connectivity index (χ0v) is 17.2. The molecule has 2 atom stereocenters. The molecule has 5 rings (SSSR count). The maximum Gasteiger partial charge on any atom is 0.161 e. The molecule has 2 fully saturated rings. The Morgan fingerprint density at radius 2 is 1.76 bits per heavy atom. The zero-order chi connectivity index (χ0) is 20.3. The van der Waals surface area contributed by atoms with E-state index in [1.165, 1.54) is 29.5 Å². The molecule has 1 aromatic rings. The second-order valence-corrected chi connectivity index (χ2v) is 8.48. The summed E-state index contributed by atoms with van der Waals surface area (Å²) in [4.78, 5) is 0. The first-order chi connectivity index (χ1) is 14.1. The van der Waals surface area contributed by atoms with E-state index in [4.69, 9.17) is 15.9 Å². The largest absolute Gasteiger partial charge is 0.493 e. The topological polar surface area (TPSA) is 38.7 Å². The monoisotopic (exact) mass is 390 g/mol. The van der Waals surface area contributed by atoms with Crippen molar-refractivity contribution in [2.75, 3.05) is 7.11 Å². The van der Waals surface area contributed by atoms with Crippen LogP contribution in [0.1, 0.15) is 62.8 Å². The van der Waals surface area contributed by atoms with Crippen LogP contribution in [0.4, 0.5) is 0 Å². The van der Waals surface area contributed by atoms with E-state index in [0.29, 0.717) is 18.9 Å². The molecule has 2 saturated carbocycles. The molecule has 1 N–H and O–H groups in total. The van der Waals surface area contributed by atoms with Crippen molar-refractivity contribution in [3.05, 3.63) is 48.0 Å². The van der Waals surface area contributed by atoms with Crippen molar-refractivity contribution in [1.29, 1.82) is 0 Å². The van der Waals surface area contributed by atoms with Gasteiger partial charge in [-0.3, -0.25) is 0 Å². The first-order valence-corrected chi connectivity index (χ1v) is 10.8. The van der Waals surface area contributed by atoms with Gasteiger partial charge >= 0.3 is 0 Å². The third-order valence-corrected chi connectivity index (χ3v) is 6.36. The minimum absolute atomic E-state index is 0.279. The summed E-state index contributed by atoms with van der Waals surface area (Å²) < 4.78 is 11.6. The Hall–Kier alpha value is -2.44. The van der Waals surface area contributed by atoms with Crippen LogP contribution in [-0.2, 0) is 0 Å². The quantitative estimate of drug-likeness (QED) is 0.580. The molecule has 0 saturated heterocycles. The summed E-state index contributed by atoms with van der Waals surface area (Å²) in [5.41, 5.74) is 3.08. The molecular formula is C26H30O3. The summed E-state index contributed by atoms with van der Waals surface area (Å²) >= 11 is 0. The van der Waals surface area contributed by atoms with E-state index in [0.717, 1.165) is 37.2 Å². The highest BCUT2D eigenvalue weighted by molar-refractivity contribution is 5.80. The number of aliphatic hydroxyl groups is 1. The van der Waals surface area contributed by atoms with E-state index < -0.39 is 5.60 Å². The number of rotatable bonds is 4. The van der Waals surface area contributed by atoms with Crippen LogP contribution >= 0.6 is 0 Å². The van der Waals surface area contributed by atoms with Gasteiger partial charge in [0.2, 0.25) is 0 Å². The second kappa shape index (κ2) is 8.51. The molecule has 0 aromatic heterocycles. The lowest BCUT2D eigenvalue weighted by molar-refractivity contribution is 0.0521. The third kappa shape index (κ3) is 4.77. The second-order valence-electron chi connectivity index (χ2n) is 8.48. The first-order valence-electron chi connectivity index (χ1n) is 10.8. The summed E-state index contributed by atoms with van der Waals surface area (Å²) in [6, 6.07) is 14.6. The van der Waals surface area contributed by atoms with Crippen LogP contribution < -0.4 is 9.47 Å². The lowest BCUT2D eigenvalue weighted by atomic mass is 9.75. The van der Waals surface area contributed by atoms with Crippen molar-refractivity contribution in [1.82, 2.24) is 0 Å². The summed E-state index contributed by atoms with van der Waals surface area (Å²) in [6.07, 6.45) is 13.9. The van der Waals surface area contributed by atoms with E-state index in [2.05, 4.69) is 42.3 Å². The molecule has 4 aliphatic carbocycles. The predicted molar refractivity (Wildman–Crippen MR) is 116 cm³/mol. The van der Waals surface area contributed by atoms with Gasteiger partial charge < -0.3 is 14.6 Å². The standard InChI is InChI=1S/C20H26O3.C6H4/c1-3-20(21)12-6-7-16(14-20)15-10-11-18(22-2)19(13-15)23-17-8-4-5-9-17;1-2-5-4-6(5)3-1/h1,10-11,13,16-17,21H,4-9,12,14H2,2H3;1-4H. The van der Waals surface area contributed by atoms with Crippen molar-refractivity contribution in [2.24, 2.45) is 0 Å². The van der Waals surface area contributed by atoms with Gasteiger partial charge in [0, 0.05) is 0 Å². The molecule has 3 heteroatoms. The molecule has 29 heavy (non-hydrogen) atoms. The third-order valence-electron chi connectivity index (χ3n) is 6.36. The van der Waals surface area contributed by atoms with E-state index >= 15 is 0 Å². The minimum atomic E-state index is -0.963. The number of fused-ring (bicyclic) bond motifs is 1. The van der Waals surface area contributed by atoms with Crippen LogP contribution in [0.2, 0.25) is 0 Å². The fourth-order valence-electron chi connectivity index (χ4n) is 4.57. The van der Waals surface area contributed by atoms with Gasteiger partial charge in [0.05, 0.1) is 13.2 Å². The highest BCUT2D eigenvalue weighted by atomic mass is 16.5. The van der Waals surface area contributed by atoms with Gasteiger partial charge in [-0.15, -0.1) is 6.42 Å². The molecular weight excluding hydrogens is 360 g/mol. The Morgan fingerprint density at radius 3 is 2.34 bits per heavy atom. The minimum Gasteiger partial charge on any atom is -0.493 e. The molecule has 4 aliphatic rings. The van der Waals surface area contributed by atoms with E-state index in [1.54, 1.807) is 7.11 Å². The van der Waals surface area contributed by atoms with Gasteiger partial charge in [0.1, 0.15) is 5.60 Å². The summed E-state index contributed by atoms with van der Waals surface area (Å²) in [7, 11) is 1.67. The summed E-state index contributed by atoms with van der Waals surface area (Å²) in [5, 5.41) is 10.4. The Balaban J connectivity index is 0.000000286. The van der Waals surface area contributed by atoms with Crippen LogP contribution in [0.5, 0.6) is 11.5 Å². The number of ether oxygens (including phenoxy) is 2. The number of terminal acetylenes is 1. The summed E-state index contributed by atoms with van der Waals surface area (Å²) in [6.45, 7) is 0. The van der Waals surface area contributed by atoms with E-state index in [1.807, 2.05) is 6.07 Å². The average molecular weight is 391 g/mol. The highest BCUT2D eigenvalue weighted by Crippen LogP contribution is 2.41.